The molecule has 1 atom stereocenters. The van der Waals surface area contributed by atoms with Crippen LogP contribution in [0.3, 0.4) is 0 Å². The Kier molecular flexibility index (Phi) is 4.45. The molecular formula is C14H18ClNO3. The van der Waals surface area contributed by atoms with Crippen molar-refractivity contribution in [2.24, 2.45) is 0 Å². The second kappa shape index (κ2) is 5.90. The maximum Gasteiger partial charge on any atom is 0.328 e. The number of halogens is 1. The molecular weight excluding hydrogens is 266 g/mol. The highest BCUT2D eigenvalue weighted by Crippen LogP contribution is 2.34. The molecule has 1 aromatic carbocycles. The van der Waals surface area contributed by atoms with E-state index in [1.165, 1.54) is 0 Å². The van der Waals surface area contributed by atoms with E-state index in [0.717, 1.165) is 5.56 Å². The summed E-state index contributed by atoms with van der Waals surface area (Å²) in [6.45, 7) is 4.26. The molecule has 104 valence electrons. The van der Waals surface area contributed by atoms with E-state index in [4.69, 9.17) is 16.3 Å². The highest BCUT2D eigenvalue weighted by atomic mass is 35.5. The summed E-state index contributed by atoms with van der Waals surface area (Å²) in [5, 5.41) is 10.4. The molecule has 1 aliphatic rings. The van der Waals surface area contributed by atoms with Crippen LogP contribution in [0, 0.1) is 0 Å². The molecule has 1 unspecified atom stereocenters. The van der Waals surface area contributed by atoms with Crippen LogP contribution in [0.5, 0.6) is 0 Å². The molecule has 1 aromatic rings. The molecule has 4 nitrogen and oxygen atoms in total. The van der Waals surface area contributed by atoms with Crippen LogP contribution in [0.2, 0.25) is 5.02 Å². The van der Waals surface area contributed by atoms with Crippen molar-refractivity contribution in [2.75, 3.05) is 26.3 Å². The van der Waals surface area contributed by atoms with Gasteiger partial charge in [-0.25, -0.2) is 4.79 Å². The van der Waals surface area contributed by atoms with E-state index in [1.54, 1.807) is 18.2 Å². The molecule has 2 rings (SSSR count). The average molecular weight is 284 g/mol. The van der Waals surface area contributed by atoms with Crippen LogP contribution in [-0.2, 0) is 15.1 Å². The zero-order valence-electron chi connectivity index (χ0n) is 10.9. The molecule has 1 heterocycles. The number of hydrogen-bond donors (Lipinski definition) is 1. The number of hydrogen-bond acceptors (Lipinski definition) is 3. The van der Waals surface area contributed by atoms with Crippen molar-refractivity contribution < 1.29 is 14.6 Å². The smallest absolute Gasteiger partial charge is 0.328 e. The van der Waals surface area contributed by atoms with Gasteiger partial charge in [0.05, 0.1) is 13.2 Å². The van der Waals surface area contributed by atoms with E-state index in [1.807, 2.05) is 17.9 Å². The summed E-state index contributed by atoms with van der Waals surface area (Å²) in [5.74, 6) is -0.834. The van der Waals surface area contributed by atoms with Gasteiger partial charge in [0.2, 0.25) is 0 Å². The fourth-order valence-electron chi connectivity index (χ4n) is 2.71. The summed E-state index contributed by atoms with van der Waals surface area (Å²) >= 11 is 6.02. The van der Waals surface area contributed by atoms with Crippen LogP contribution in [-0.4, -0.2) is 42.3 Å². The van der Waals surface area contributed by atoms with Crippen molar-refractivity contribution in [1.29, 1.82) is 0 Å². The van der Waals surface area contributed by atoms with Gasteiger partial charge in [-0.2, -0.15) is 0 Å². The first-order valence-electron chi connectivity index (χ1n) is 6.43. The lowest BCUT2D eigenvalue weighted by molar-refractivity contribution is -0.156. The Morgan fingerprint density at radius 3 is 2.68 bits per heavy atom. The van der Waals surface area contributed by atoms with Crippen LogP contribution < -0.4 is 0 Å². The first-order valence-corrected chi connectivity index (χ1v) is 6.81. The quantitative estimate of drug-likeness (QED) is 0.922. The first-order chi connectivity index (χ1) is 9.11. The lowest BCUT2D eigenvalue weighted by Crippen LogP contribution is -2.55. The minimum absolute atomic E-state index is 0.489. The molecule has 0 aliphatic carbocycles. The topological polar surface area (TPSA) is 49.8 Å². The van der Waals surface area contributed by atoms with Gasteiger partial charge in [-0.05, 0) is 24.1 Å². The minimum atomic E-state index is -1.02. The summed E-state index contributed by atoms with van der Waals surface area (Å²) in [5.41, 5.74) is -0.286. The van der Waals surface area contributed by atoms with Crippen molar-refractivity contribution >= 4 is 17.6 Å². The van der Waals surface area contributed by atoms with E-state index in [2.05, 4.69) is 0 Å². The lowest BCUT2D eigenvalue weighted by atomic mass is 9.85. The molecule has 5 heteroatoms. The van der Waals surface area contributed by atoms with E-state index >= 15 is 0 Å². The van der Waals surface area contributed by atoms with Crippen LogP contribution in [0.15, 0.2) is 24.3 Å². The van der Waals surface area contributed by atoms with Gasteiger partial charge in [0, 0.05) is 18.1 Å². The largest absolute Gasteiger partial charge is 0.480 e. The van der Waals surface area contributed by atoms with Crippen molar-refractivity contribution in [3.63, 3.8) is 0 Å². The van der Waals surface area contributed by atoms with Crippen molar-refractivity contribution in [3.05, 3.63) is 34.9 Å². The number of benzene rings is 1. The summed E-state index contributed by atoms with van der Waals surface area (Å²) < 4.78 is 5.32. The fraction of sp³-hybridized carbons (Fsp3) is 0.500. The molecule has 1 fully saturated rings. The van der Waals surface area contributed by atoms with Gasteiger partial charge in [0.1, 0.15) is 5.54 Å². The van der Waals surface area contributed by atoms with Gasteiger partial charge in [-0.1, -0.05) is 30.7 Å². The molecule has 1 saturated heterocycles. The lowest BCUT2D eigenvalue weighted by Gasteiger charge is -2.42. The number of carboxylic acids is 1. The van der Waals surface area contributed by atoms with Gasteiger partial charge >= 0.3 is 5.97 Å². The van der Waals surface area contributed by atoms with Crippen LogP contribution in [0.4, 0.5) is 0 Å². The third-order valence-corrected chi connectivity index (χ3v) is 3.95. The fourth-order valence-corrected chi connectivity index (χ4v) is 2.90. The summed E-state index contributed by atoms with van der Waals surface area (Å²) in [4.78, 5) is 13.9. The average Bonchev–Trinajstić information content (AvgIpc) is 2.41. The Labute approximate surface area is 117 Å². The second-order valence-corrected chi connectivity index (χ2v) is 5.07. The first kappa shape index (κ1) is 14.3. The third kappa shape index (κ3) is 2.61. The maximum atomic E-state index is 11.9. The number of ether oxygens (including phenoxy) is 1. The highest BCUT2D eigenvalue weighted by Gasteiger charge is 2.44. The Morgan fingerprint density at radius 2 is 2.16 bits per heavy atom. The molecule has 0 amide bonds. The standard InChI is InChI=1S/C14H18ClNO3/c1-2-14(13(17)18,16-6-8-19-9-7-16)11-4-3-5-12(15)10-11/h3-5,10H,2,6-9H2,1H3,(H,17,18). The van der Waals surface area contributed by atoms with E-state index < -0.39 is 11.5 Å². The number of aliphatic carboxylic acids is 1. The molecule has 1 aliphatic heterocycles. The molecule has 19 heavy (non-hydrogen) atoms. The van der Waals surface area contributed by atoms with E-state index in [0.29, 0.717) is 37.7 Å². The summed E-state index contributed by atoms with van der Waals surface area (Å²) in [6, 6.07) is 7.13. The highest BCUT2D eigenvalue weighted by molar-refractivity contribution is 6.30. The van der Waals surface area contributed by atoms with Gasteiger partial charge in [-0.15, -0.1) is 0 Å². The second-order valence-electron chi connectivity index (χ2n) is 4.63. The SMILES string of the molecule is CCC(C(=O)O)(c1cccc(Cl)c1)N1CCOCC1. The molecule has 1 N–H and O–H groups in total. The molecule has 0 bridgehead atoms. The zero-order valence-corrected chi connectivity index (χ0v) is 11.7. The summed E-state index contributed by atoms with van der Waals surface area (Å²) in [7, 11) is 0. The van der Waals surface area contributed by atoms with Crippen molar-refractivity contribution in [1.82, 2.24) is 4.90 Å². The monoisotopic (exact) mass is 283 g/mol. The van der Waals surface area contributed by atoms with Gasteiger partial charge < -0.3 is 9.84 Å². The Balaban J connectivity index is 2.46. The number of carbonyl (C=O) groups is 1. The predicted octanol–water partition coefficient (Wildman–Crippen LogP) is 2.36. The van der Waals surface area contributed by atoms with E-state index in [9.17, 15) is 9.90 Å². The molecule has 0 aromatic heterocycles. The van der Waals surface area contributed by atoms with Crippen LogP contribution >= 0.6 is 11.6 Å². The maximum absolute atomic E-state index is 11.9. The number of rotatable bonds is 4. The predicted molar refractivity (Wildman–Crippen MR) is 73.4 cm³/mol. The summed E-state index contributed by atoms with van der Waals surface area (Å²) in [6.07, 6.45) is 0.489. The third-order valence-electron chi connectivity index (χ3n) is 3.72. The van der Waals surface area contributed by atoms with Crippen molar-refractivity contribution in [2.45, 2.75) is 18.9 Å². The van der Waals surface area contributed by atoms with Crippen molar-refractivity contribution in [3.8, 4) is 0 Å². The Morgan fingerprint density at radius 1 is 1.47 bits per heavy atom. The minimum Gasteiger partial charge on any atom is -0.480 e. The van der Waals surface area contributed by atoms with Crippen LogP contribution in [0.1, 0.15) is 18.9 Å². The number of carboxylic acid groups (broad SMARTS) is 1. The van der Waals surface area contributed by atoms with Gasteiger partial charge in [-0.3, -0.25) is 4.90 Å². The van der Waals surface area contributed by atoms with Crippen LogP contribution in [0.25, 0.3) is 0 Å². The molecule has 0 spiro atoms. The zero-order chi connectivity index (χ0) is 13.9. The van der Waals surface area contributed by atoms with Gasteiger partial charge in [0.15, 0.2) is 0 Å². The Hall–Kier alpha value is -1.10. The normalized spacial score (nSPS) is 19.9. The molecule has 0 radical (unpaired) electrons. The Bertz CT molecular complexity index is 460. The van der Waals surface area contributed by atoms with Gasteiger partial charge in [0.25, 0.3) is 0 Å². The molecule has 0 saturated carbocycles. The van der Waals surface area contributed by atoms with E-state index in [-0.39, 0.29) is 0 Å². The number of morpholine rings is 1. The number of nitrogens with zero attached hydrogens (tertiary/aromatic N) is 1.